The van der Waals surface area contributed by atoms with E-state index in [1.807, 2.05) is 17.5 Å². The minimum absolute atomic E-state index is 0.0420. The molecule has 2 aromatic heterocycles. The normalized spacial score (nSPS) is 16.5. The quantitative estimate of drug-likeness (QED) is 0.363. The molecule has 1 amide bonds. The number of anilines is 1. The molecule has 11 heteroatoms. The topological polar surface area (TPSA) is 118 Å². The second-order valence-electron chi connectivity index (χ2n) is 8.63. The van der Waals surface area contributed by atoms with Crippen molar-refractivity contribution in [2.75, 3.05) is 38.0 Å². The number of benzene rings is 1. The SMILES string of the molecule is O=C(c1ccc(NC2CC2)c([N+](=O)[O-])c1)N1CCN(CCCc2nc(-c3cccs3)no2)CC1. The van der Waals surface area contributed by atoms with Gasteiger partial charge in [0.15, 0.2) is 0 Å². The van der Waals surface area contributed by atoms with Gasteiger partial charge in [-0.25, -0.2) is 0 Å². The predicted molar refractivity (Wildman–Crippen MR) is 128 cm³/mol. The molecule has 2 aliphatic rings. The molecule has 1 N–H and O–H groups in total. The fraction of sp³-hybridized carbons (Fsp3) is 0.435. The Morgan fingerprint density at radius 1 is 1.24 bits per heavy atom. The number of aromatic nitrogens is 2. The second kappa shape index (κ2) is 9.90. The van der Waals surface area contributed by atoms with Crippen molar-refractivity contribution in [3.8, 4) is 10.7 Å². The average Bonchev–Trinajstić information content (AvgIpc) is 3.29. The average molecular weight is 483 g/mol. The van der Waals surface area contributed by atoms with Gasteiger partial charge in [0.25, 0.3) is 11.6 Å². The maximum Gasteiger partial charge on any atom is 0.293 e. The summed E-state index contributed by atoms with van der Waals surface area (Å²) in [5.41, 5.74) is 0.803. The van der Waals surface area contributed by atoms with E-state index in [2.05, 4.69) is 20.4 Å². The van der Waals surface area contributed by atoms with Gasteiger partial charge in [-0.05, 0) is 49.4 Å². The third-order valence-electron chi connectivity index (χ3n) is 6.11. The predicted octanol–water partition coefficient (Wildman–Crippen LogP) is 3.67. The van der Waals surface area contributed by atoms with Crippen molar-refractivity contribution in [2.45, 2.75) is 31.7 Å². The highest BCUT2D eigenvalue weighted by Gasteiger charge is 2.27. The van der Waals surface area contributed by atoms with Gasteiger partial charge < -0.3 is 14.7 Å². The molecule has 0 bridgehead atoms. The van der Waals surface area contributed by atoms with E-state index in [1.165, 1.54) is 6.07 Å². The van der Waals surface area contributed by atoms with E-state index in [-0.39, 0.29) is 11.6 Å². The molecular weight excluding hydrogens is 456 g/mol. The van der Waals surface area contributed by atoms with E-state index in [0.29, 0.717) is 48.5 Å². The van der Waals surface area contributed by atoms with Crippen molar-refractivity contribution >= 4 is 28.6 Å². The molecule has 5 rings (SSSR count). The highest BCUT2D eigenvalue weighted by atomic mass is 32.1. The lowest BCUT2D eigenvalue weighted by molar-refractivity contribution is -0.384. The van der Waals surface area contributed by atoms with Crippen molar-refractivity contribution in [1.29, 1.82) is 0 Å². The summed E-state index contributed by atoms with van der Waals surface area (Å²) in [5, 5.41) is 20.7. The van der Waals surface area contributed by atoms with Crippen molar-refractivity contribution in [3.05, 3.63) is 57.3 Å². The lowest BCUT2D eigenvalue weighted by atomic mass is 10.1. The highest BCUT2D eigenvalue weighted by Crippen LogP contribution is 2.32. The van der Waals surface area contributed by atoms with Gasteiger partial charge in [-0.15, -0.1) is 11.3 Å². The van der Waals surface area contributed by atoms with Crippen LogP contribution < -0.4 is 5.32 Å². The molecule has 0 radical (unpaired) electrons. The van der Waals surface area contributed by atoms with Crippen LogP contribution in [-0.4, -0.2) is 69.5 Å². The smallest absolute Gasteiger partial charge is 0.293 e. The van der Waals surface area contributed by atoms with Crippen LogP contribution in [0.2, 0.25) is 0 Å². The summed E-state index contributed by atoms with van der Waals surface area (Å²) in [6.45, 7) is 3.60. The number of aryl methyl sites for hydroxylation is 1. The van der Waals surface area contributed by atoms with Crippen LogP contribution in [0.15, 0.2) is 40.2 Å². The Morgan fingerprint density at radius 2 is 2.06 bits per heavy atom. The van der Waals surface area contributed by atoms with Crippen LogP contribution in [0.4, 0.5) is 11.4 Å². The third-order valence-corrected chi connectivity index (χ3v) is 6.98. The number of rotatable bonds is 9. The minimum Gasteiger partial charge on any atom is -0.377 e. The number of thiophene rings is 1. The number of carbonyl (C=O) groups is 1. The van der Waals surface area contributed by atoms with Gasteiger partial charge in [0, 0.05) is 50.3 Å². The summed E-state index contributed by atoms with van der Waals surface area (Å²) in [4.78, 5) is 33.6. The number of hydrogen-bond acceptors (Lipinski definition) is 9. The highest BCUT2D eigenvalue weighted by molar-refractivity contribution is 7.13. The van der Waals surface area contributed by atoms with Crippen molar-refractivity contribution in [3.63, 3.8) is 0 Å². The Kier molecular flexibility index (Phi) is 6.54. The largest absolute Gasteiger partial charge is 0.377 e. The molecule has 34 heavy (non-hydrogen) atoms. The van der Waals surface area contributed by atoms with Crippen LogP contribution >= 0.6 is 11.3 Å². The number of piperazine rings is 1. The van der Waals surface area contributed by atoms with Crippen molar-refractivity contribution in [1.82, 2.24) is 19.9 Å². The van der Waals surface area contributed by atoms with Crippen LogP contribution in [0, 0.1) is 10.1 Å². The van der Waals surface area contributed by atoms with Crippen molar-refractivity contribution in [2.24, 2.45) is 0 Å². The van der Waals surface area contributed by atoms with Crippen LogP contribution in [0.1, 0.15) is 35.5 Å². The summed E-state index contributed by atoms with van der Waals surface area (Å²) in [6.07, 6.45) is 3.64. The summed E-state index contributed by atoms with van der Waals surface area (Å²) < 4.78 is 5.36. The molecule has 3 heterocycles. The lowest BCUT2D eigenvalue weighted by Crippen LogP contribution is -2.48. The van der Waals surface area contributed by atoms with E-state index < -0.39 is 4.92 Å². The Labute approximate surface area is 200 Å². The zero-order valence-corrected chi connectivity index (χ0v) is 19.5. The monoisotopic (exact) mass is 482 g/mol. The fourth-order valence-electron chi connectivity index (χ4n) is 4.06. The lowest BCUT2D eigenvalue weighted by Gasteiger charge is -2.34. The van der Waals surface area contributed by atoms with Crippen LogP contribution in [0.5, 0.6) is 0 Å². The first-order chi connectivity index (χ1) is 16.6. The molecule has 10 nitrogen and oxygen atoms in total. The Bertz CT molecular complexity index is 1150. The number of nitro groups is 1. The molecule has 1 aliphatic carbocycles. The molecular formula is C23H26N6O4S. The first-order valence-corrected chi connectivity index (χ1v) is 12.4. The van der Waals surface area contributed by atoms with Gasteiger partial charge in [0.2, 0.25) is 11.7 Å². The summed E-state index contributed by atoms with van der Waals surface area (Å²) >= 11 is 1.58. The summed E-state index contributed by atoms with van der Waals surface area (Å²) in [6, 6.07) is 8.97. The number of hydrogen-bond donors (Lipinski definition) is 1. The maximum absolute atomic E-state index is 13.0. The molecule has 1 saturated carbocycles. The summed E-state index contributed by atoms with van der Waals surface area (Å²) in [7, 11) is 0. The number of amides is 1. The first kappa shape index (κ1) is 22.5. The van der Waals surface area contributed by atoms with E-state index in [4.69, 9.17) is 4.52 Å². The van der Waals surface area contributed by atoms with Gasteiger partial charge in [0.05, 0.1) is 9.80 Å². The van der Waals surface area contributed by atoms with Crippen LogP contribution in [-0.2, 0) is 6.42 Å². The molecule has 0 spiro atoms. The molecule has 178 valence electrons. The minimum atomic E-state index is -0.424. The number of nitrogens with one attached hydrogen (secondary N) is 1. The fourth-order valence-corrected chi connectivity index (χ4v) is 4.71. The molecule has 0 atom stereocenters. The van der Waals surface area contributed by atoms with Crippen molar-refractivity contribution < 1.29 is 14.2 Å². The van der Waals surface area contributed by atoms with Gasteiger partial charge in [0.1, 0.15) is 5.69 Å². The zero-order chi connectivity index (χ0) is 23.5. The molecule has 1 aliphatic heterocycles. The first-order valence-electron chi connectivity index (χ1n) is 11.5. The molecule has 3 aromatic rings. The second-order valence-corrected chi connectivity index (χ2v) is 9.58. The zero-order valence-electron chi connectivity index (χ0n) is 18.7. The van der Waals surface area contributed by atoms with Crippen LogP contribution in [0.3, 0.4) is 0 Å². The summed E-state index contributed by atoms with van der Waals surface area (Å²) in [5.74, 6) is 1.11. The van der Waals surface area contributed by atoms with Gasteiger partial charge in [-0.2, -0.15) is 4.98 Å². The van der Waals surface area contributed by atoms with E-state index in [1.54, 1.807) is 28.4 Å². The Balaban J connectivity index is 1.10. The van der Waals surface area contributed by atoms with E-state index >= 15 is 0 Å². The number of nitro benzene ring substituents is 1. The van der Waals surface area contributed by atoms with Gasteiger partial charge in [-0.3, -0.25) is 19.8 Å². The molecule has 1 saturated heterocycles. The van der Waals surface area contributed by atoms with E-state index in [9.17, 15) is 14.9 Å². The molecule has 0 unspecified atom stereocenters. The Morgan fingerprint density at radius 3 is 2.76 bits per heavy atom. The van der Waals surface area contributed by atoms with E-state index in [0.717, 1.165) is 43.8 Å². The third kappa shape index (κ3) is 5.26. The van der Waals surface area contributed by atoms with Crippen LogP contribution in [0.25, 0.3) is 10.7 Å². The maximum atomic E-state index is 13.0. The van der Waals surface area contributed by atoms with Gasteiger partial charge in [-0.1, -0.05) is 11.2 Å². The Hall–Kier alpha value is -3.31. The molecule has 1 aromatic carbocycles. The number of nitrogens with zero attached hydrogens (tertiary/aromatic N) is 5. The van der Waals surface area contributed by atoms with Gasteiger partial charge >= 0.3 is 0 Å². The molecule has 2 fully saturated rings. The standard InChI is InChI=1S/C23H26N6O4S/c30-23(16-5-8-18(24-17-6-7-17)19(15-16)29(31)32)28-12-10-27(11-13-28)9-1-4-21-25-22(26-33-21)20-3-2-14-34-20/h2-3,5,8,14-15,17,24H,1,4,6-7,9-13H2. The number of carbonyl (C=O) groups excluding carboxylic acids is 1.